The van der Waals surface area contributed by atoms with Gasteiger partial charge in [-0.05, 0) is 19.9 Å². The van der Waals surface area contributed by atoms with Gasteiger partial charge in [-0.25, -0.2) is 0 Å². The summed E-state index contributed by atoms with van der Waals surface area (Å²) in [5.41, 5.74) is 0.956. The molecule has 1 heterocycles. The quantitative estimate of drug-likeness (QED) is 0.690. The molecule has 5 heteroatoms. The van der Waals surface area contributed by atoms with Crippen LogP contribution in [0.5, 0.6) is 0 Å². The maximum Gasteiger partial charge on any atom is 0.308 e. The number of rotatable bonds is 4. The van der Waals surface area contributed by atoms with E-state index in [1.165, 1.54) is 0 Å². The molecule has 5 nitrogen and oxygen atoms in total. The minimum Gasteiger partial charge on any atom is -0.481 e. The van der Waals surface area contributed by atoms with E-state index in [0.717, 1.165) is 5.57 Å². The number of aliphatic carboxylic acids is 2. The van der Waals surface area contributed by atoms with Gasteiger partial charge in [-0.2, -0.15) is 0 Å². The van der Waals surface area contributed by atoms with Crippen LogP contribution in [0.2, 0.25) is 0 Å². The minimum atomic E-state index is -1.03. The highest BCUT2D eigenvalue weighted by Crippen LogP contribution is 2.24. The Morgan fingerprint density at radius 2 is 1.88 bits per heavy atom. The van der Waals surface area contributed by atoms with Gasteiger partial charge in [0.15, 0.2) is 0 Å². The molecule has 0 bridgehead atoms. The molecule has 16 heavy (non-hydrogen) atoms. The number of nitrogens with zero attached hydrogens (tertiary/aromatic N) is 1. The lowest BCUT2D eigenvalue weighted by molar-refractivity contribution is -0.157. The molecule has 1 fully saturated rings. The molecule has 0 radical (unpaired) electrons. The lowest BCUT2D eigenvalue weighted by Gasteiger charge is -2.34. The minimum absolute atomic E-state index is 0.291. The normalized spacial score (nSPS) is 26.3. The summed E-state index contributed by atoms with van der Waals surface area (Å²) in [4.78, 5) is 23.8. The molecule has 0 aromatic heterocycles. The van der Waals surface area contributed by atoms with Gasteiger partial charge < -0.3 is 10.2 Å². The molecule has 0 saturated carbocycles. The molecule has 1 aliphatic rings. The van der Waals surface area contributed by atoms with E-state index in [1.807, 2.05) is 11.8 Å². The van der Waals surface area contributed by atoms with Crippen LogP contribution in [0.15, 0.2) is 12.2 Å². The Hall–Kier alpha value is -1.36. The summed E-state index contributed by atoms with van der Waals surface area (Å²) < 4.78 is 0. The van der Waals surface area contributed by atoms with E-state index in [-0.39, 0.29) is 0 Å². The number of piperidine rings is 1. The number of hydrogen-bond acceptors (Lipinski definition) is 3. The van der Waals surface area contributed by atoms with E-state index >= 15 is 0 Å². The summed E-state index contributed by atoms with van der Waals surface area (Å²) in [7, 11) is 0. The number of hydrogen-bond donors (Lipinski definition) is 2. The maximum atomic E-state index is 11.0. The molecule has 2 atom stereocenters. The zero-order chi connectivity index (χ0) is 12.3. The summed E-state index contributed by atoms with van der Waals surface area (Å²) in [5.74, 6) is -3.62. The summed E-state index contributed by atoms with van der Waals surface area (Å²) in [6, 6.07) is 0. The van der Waals surface area contributed by atoms with Crippen LogP contribution in [0, 0.1) is 11.8 Å². The monoisotopic (exact) mass is 227 g/mol. The Morgan fingerprint density at radius 1 is 1.31 bits per heavy atom. The van der Waals surface area contributed by atoms with E-state index in [4.69, 9.17) is 10.2 Å². The average Bonchev–Trinajstić information content (AvgIpc) is 2.16. The van der Waals surface area contributed by atoms with Crippen molar-refractivity contribution in [2.75, 3.05) is 19.6 Å². The van der Waals surface area contributed by atoms with Gasteiger partial charge in [0.1, 0.15) is 0 Å². The number of carbonyl (C=O) groups is 2. The first-order valence-corrected chi connectivity index (χ1v) is 5.24. The second kappa shape index (κ2) is 5.12. The highest BCUT2D eigenvalue weighted by Gasteiger charge is 2.38. The lowest BCUT2D eigenvalue weighted by Crippen LogP contribution is -2.46. The fraction of sp³-hybridized carbons (Fsp3) is 0.636. The van der Waals surface area contributed by atoms with Crippen LogP contribution in [0.1, 0.15) is 13.3 Å². The SMILES string of the molecule is C=C(C)CN1CCC(C(=O)O)C(C(=O)O)C1. The van der Waals surface area contributed by atoms with E-state index in [1.54, 1.807) is 0 Å². The van der Waals surface area contributed by atoms with Crippen molar-refractivity contribution in [2.45, 2.75) is 13.3 Å². The Labute approximate surface area is 94.4 Å². The van der Waals surface area contributed by atoms with Crippen LogP contribution in [-0.2, 0) is 9.59 Å². The zero-order valence-electron chi connectivity index (χ0n) is 9.35. The van der Waals surface area contributed by atoms with Crippen molar-refractivity contribution in [3.63, 3.8) is 0 Å². The largest absolute Gasteiger partial charge is 0.481 e. The Bertz CT molecular complexity index is 313. The summed E-state index contributed by atoms with van der Waals surface area (Å²) in [6.45, 7) is 7.19. The maximum absolute atomic E-state index is 11.0. The zero-order valence-corrected chi connectivity index (χ0v) is 9.35. The number of likely N-dealkylation sites (tertiary alicyclic amines) is 1. The first-order chi connectivity index (χ1) is 7.41. The predicted molar refractivity (Wildman–Crippen MR) is 58.1 cm³/mol. The van der Waals surface area contributed by atoms with E-state index in [9.17, 15) is 9.59 Å². The fourth-order valence-corrected chi connectivity index (χ4v) is 2.09. The molecular formula is C11H17NO4. The number of carboxylic acids is 2. The third kappa shape index (κ3) is 3.06. The predicted octanol–water partition coefficient (Wildman–Crippen LogP) is 0.670. The summed E-state index contributed by atoms with van der Waals surface area (Å²) >= 11 is 0. The molecule has 0 amide bonds. The summed E-state index contributed by atoms with van der Waals surface area (Å²) in [6.07, 6.45) is 0.388. The van der Waals surface area contributed by atoms with Crippen molar-refractivity contribution < 1.29 is 19.8 Å². The molecular weight excluding hydrogens is 210 g/mol. The van der Waals surface area contributed by atoms with Crippen molar-refractivity contribution in [3.8, 4) is 0 Å². The smallest absolute Gasteiger partial charge is 0.308 e. The standard InChI is InChI=1S/C11H17NO4/c1-7(2)5-12-4-3-8(10(13)14)9(6-12)11(15)16/h8-9H,1,3-6H2,2H3,(H,13,14)(H,15,16). The van der Waals surface area contributed by atoms with Crippen LogP contribution in [-0.4, -0.2) is 46.7 Å². The fourth-order valence-electron chi connectivity index (χ4n) is 2.09. The second-order valence-corrected chi connectivity index (χ2v) is 4.37. The van der Waals surface area contributed by atoms with Gasteiger partial charge >= 0.3 is 11.9 Å². The third-order valence-corrected chi connectivity index (χ3v) is 2.82. The third-order valence-electron chi connectivity index (χ3n) is 2.82. The molecule has 2 unspecified atom stereocenters. The number of carboxylic acid groups (broad SMARTS) is 2. The van der Waals surface area contributed by atoms with Crippen LogP contribution in [0.4, 0.5) is 0 Å². The Balaban J connectivity index is 2.68. The molecule has 90 valence electrons. The van der Waals surface area contributed by atoms with Gasteiger partial charge in [-0.3, -0.25) is 14.5 Å². The van der Waals surface area contributed by atoms with Crippen molar-refractivity contribution in [1.82, 2.24) is 4.90 Å². The summed E-state index contributed by atoms with van der Waals surface area (Å²) in [5, 5.41) is 17.9. The molecule has 0 aromatic carbocycles. The molecule has 0 spiro atoms. The average molecular weight is 227 g/mol. The molecule has 1 rings (SSSR count). The van der Waals surface area contributed by atoms with Crippen LogP contribution in [0.3, 0.4) is 0 Å². The van der Waals surface area contributed by atoms with Crippen LogP contribution >= 0.6 is 0 Å². The van der Waals surface area contributed by atoms with Crippen molar-refractivity contribution in [2.24, 2.45) is 11.8 Å². The van der Waals surface area contributed by atoms with Gasteiger partial charge in [0, 0.05) is 13.1 Å². The van der Waals surface area contributed by atoms with Crippen molar-refractivity contribution in [1.29, 1.82) is 0 Å². The Kier molecular flexibility index (Phi) is 4.06. The van der Waals surface area contributed by atoms with Crippen molar-refractivity contribution >= 4 is 11.9 Å². The van der Waals surface area contributed by atoms with E-state index in [0.29, 0.717) is 26.1 Å². The van der Waals surface area contributed by atoms with Crippen LogP contribution < -0.4 is 0 Å². The van der Waals surface area contributed by atoms with E-state index < -0.39 is 23.8 Å². The first-order valence-electron chi connectivity index (χ1n) is 5.24. The molecule has 2 N–H and O–H groups in total. The highest BCUT2D eigenvalue weighted by molar-refractivity contribution is 5.80. The Morgan fingerprint density at radius 3 is 2.31 bits per heavy atom. The molecule has 0 aromatic rings. The molecule has 0 aliphatic carbocycles. The topological polar surface area (TPSA) is 77.8 Å². The van der Waals surface area contributed by atoms with Gasteiger partial charge in [-0.1, -0.05) is 12.2 Å². The van der Waals surface area contributed by atoms with Gasteiger partial charge in [0.05, 0.1) is 11.8 Å². The second-order valence-electron chi connectivity index (χ2n) is 4.37. The van der Waals surface area contributed by atoms with Gasteiger partial charge in [0.2, 0.25) is 0 Å². The molecule has 1 aliphatic heterocycles. The lowest BCUT2D eigenvalue weighted by atomic mass is 9.85. The van der Waals surface area contributed by atoms with E-state index in [2.05, 4.69) is 6.58 Å². The van der Waals surface area contributed by atoms with Gasteiger partial charge in [-0.15, -0.1) is 0 Å². The molecule has 1 saturated heterocycles. The van der Waals surface area contributed by atoms with Crippen LogP contribution in [0.25, 0.3) is 0 Å². The first kappa shape index (κ1) is 12.7. The van der Waals surface area contributed by atoms with Crippen molar-refractivity contribution in [3.05, 3.63) is 12.2 Å². The van der Waals surface area contributed by atoms with Gasteiger partial charge in [0.25, 0.3) is 0 Å². The highest BCUT2D eigenvalue weighted by atomic mass is 16.4.